The van der Waals surface area contributed by atoms with E-state index < -0.39 is 12.1 Å². The van der Waals surface area contributed by atoms with Gasteiger partial charge >= 0.3 is 5.97 Å². The van der Waals surface area contributed by atoms with Crippen LogP contribution in [0.4, 0.5) is 10.7 Å². The normalized spacial score (nSPS) is 16.5. The van der Waals surface area contributed by atoms with Crippen molar-refractivity contribution in [3.8, 4) is 0 Å². The van der Waals surface area contributed by atoms with Crippen LogP contribution in [0.2, 0.25) is 0 Å². The first kappa shape index (κ1) is 20.1. The van der Waals surface area contributed by atoms with Gasteiger partial charge in [0.1, 0.15) is 5.00 Å². The summed E-state index contributed by atoms with van der Waals surface area (Å²) in [7, 11) is 0. The summed E-state index contributed by atoms with van der Waals surface area (Å²) < 4.78 is 5.52. The number of rotatable bonds is 4. The number of carbonyl (C=O) groups is 3. The van der Waals surface area contributed by atoms with E-state index in [1.54, 1.807) is 18.7 Å². The van der Waals surface area contributed by atoms with Crippen LogP contribution in [-0.2, 0) is 20.7 Å². The Kier molecular flexibility index (Phi) is 5.56. The van der Waals surface area contributed by atoms with E-state index in [9.17, 15) is 14.4 Å². The molecule has 7 heteroatoms. The van der Waals surface area contributed by atoms with Crippen molar-refractivity contribution in [3.63, 3.8) is 0 Å². The van der Waals surface area contributed by atoms with Crippen molar-refractivity contribution in [3.05, 3.63) is 45.8 Å². The zero-order valence-electron chi connectivity index (χ0n) is 16.7. The predicted octanol–water partition coefficient (Wildman–Crippen LogP) is 3.85. The lowest BCUT2D eigenvalue weighted by atomic mass is 10.1. The lowest BCUT2D eigenvalue weighted by molar-refractivity contribution is -0.126. The molecule has 0 saturated heterocycles. The summed E-state index contributed by atoms with van der Waals surface area (Å²) in [6.07, 6.45) is -0.163. The van der Waals surface area contributed by atoms with Crippen LogP contribution in [0.1, 0.15) is 47.1 Å². The molecule has 2 aromatic rings. The number of hydrogen-bond acceptors (Lipinski definition) is 5. The first-order valence-electron chi connectivity index (χ1n) is 9.20. The van der Waals surface area contributed by atoms with E-state index in [1.165, 1.54) is 18.3 Å². The minimum atomic E-state index is -0.939. The molecule has 0 spiro atoms. The van der Waals surface area contributed by atoms with Gasteiger partial charge in [-0.05, 0) is 51.3 Å². The van der Waals surface area contributed by atoms with Crippen LogP contribution in [0.5, 0.6) is 0 Å². The number of thiophene rings is 1. The number of para-hydroxylation sites is 1. The molecular formula is C21H24N2O4S. The number of hydrogen-bond donors (Lipinski definition) is 1. The van der Waals surface area contributed by atoms with Gasteiger partial charge in [0, 0.05) is 23.5 Å². The average Bonchev–Trinajstić information content (AvgIpc) is 3.09. The van der Waals surface area contributed by atoms with Crippen LogP contribution < -0.4 is 10.2 Å². The first-order valence-corrected chi connectivity index (χ1v) is 10.0. The molecule has 0 aliphatic carbocycles. The van der Waals surface area contributed by atoms with Gasteiger partial charge in [-0.3, -0.25) is 9.59 Å². The van der Waals surface area contributed by atoms with Gasteiger partial charge in [0.25, 0.3) is 5.91 Å². The highest BCUT2D eigenvalue weighted by atomic mass is 32.1. The number of aryl methyl sites for hydroxylation is 1. The van der Waals surface area contributed by atoms with Crippen LogP contribution in [0.25, 0.3) is 0 Å². The van der Waals surface area contributed by atoms with Crippen molar-refractivity contribution in [2.75, 3.05) is 10.2 Å². The van der Waals surface area contributed by atoms with Crippen molar-refractivity contribution in [2.45, 2.75) is 53.2 Å². The maximum atomic E-state index is 13.0. The molecule has 1 aliphatic rings. The summed E-state index contributed by atoms with van der Waals surface area (Å²) in [5, 5.41) is 3.13. The van der Waals surface area contributed by atoms with E-state index in [2.05, 4.69) is 5.32 Å². The second-order valence-electron chi connectivity index (χ2n) is 7.11. The largest absolute Gasteiger partial charge is 0.449 e. The lowest BCUT2D eigenvalue weighted by Gasteiger charge is -2.26. The molecule has 3 rings (SSSR count). The monoisotopic (exact) mass is 400 g/mol. The van der Waals surface area contributed by atoms with E-state index in [4.69, 9.17) is 4.74 Å². The van der Waals surface area contributed by atoms with Gasteiger partial charge in [-0.1, -0.05) is 18.2 Å². The molecule has 0 saturated carbocycles. The molecule has 28 heavy (non-hydrogen) atoms. The molecule has 1 N–H and O–H groups in total. The van der Waals surface area contributed by atoms with Crippen LogP contribution in [-0.4, -0.2) is 29.9 Å². The summed E-state index contributed by atoms with van der Waals surface area (Å²) in [6, 6.07) is 7.77. The fourth-order valence-electron chi connectivity index (χ4n) is 3.49. The second-order valence-corrected chi connectivity index (χ2v) is 8.33. The van der Waals surface area contributed by atoms with Gasteiger partial charge < -0.3 is 15.0 Å². The Morgan fingerprint density at radius 2 is 1.93 bits per heavy atom. The molecule has 0 fully saturated rings. The maximum Gasteiger partial charge on any atom is 0.342 e. The molecule has 2 atom stereocenters. The van der Waals surface area contributed by atoms with E-state index >= 15 is 0 Å². The average molecular weight is 401 g/mol. The van der Waals surface area contributed by atoms with Crippen LogP contribution >= 0.6 is 11.3 Å². The number of amides is 2. The molecular weight excluding hydrogens is 376 g/mol. The van der Waals surface area contributed by atoms with Gasteiger partial charge in [-0.2, -0.15) is 0 Å². The van der Waals surface area contributed by atoms with Gasteiger partial charge in [0.15, 0.2) is 6.10 Å². The Bertz CT molecular complexity index is 950. The number of carbonyl (C=O) groups excluding carboxylic acids is 3. The van der Waals surface area contributed by atoms with E-state index in [-0.39, 0.29) is 17.9 Å². The zero-order chi connectivity index (χ0) is 20.6. The smallest absolute Gasteiger partial charge is 0.342 e. The van der Waals surface area contributed by atoms with E-state index in [1.807, 2.05) is 38.1 Å². The van der Waals surface area contributed by atoms with Gasteiger partial charge in [-0.25, -0.2) is 4.79 Å². The van der Waals surface area contributed by atoms with Crippen molar-refractivity contribution in [1.82, 2.24) is 0 Å². The van der Waals surface area contributed by atoms with E-state index in [0.717, 1.165) is 28.1 Å². The standard InChI is InChI=1S/C21H24N2O4S/c1-11-10-16-8-6-7-9-17(16)23(11)20(25)13(3)27-21(26)18-12(2)14(4)28-19(18)22-15(5)24/h6-9,11,13H,10H2,1-5H3,(H,22,24). The molecule has 2 heterocycles. The Labute approximate surface area is 168 Å². The van der Waals surface area contributed by atoms with Crippen molar-refractivity contribution >= 4 is 39.8 Å². The van der Waals surface area contributed by atoms with Crippen LogP contribution in [0, 0.1) is 13.8 Å². The lowest BCUT2D eigenvalue weighted by Crippen LogP contribution is -2.43. The van der Waals surface area contributed by atoms with Crippen LogP contribution in [0.3, 0.4) is 0 Å². The summed E-state index contributed by atoms with van der Waals surface area (Å²) in [5.74, 6) is -1.12. The first-order chi connectivity index (χ1) is 13.2. The number of nitrogens with zero attached hydrogens (tertiary/aromatic N) is 1. The Balaban J connectivity index is 1.80. The number of fused-ring (bicyclic) bond motifs is 1. The third-order valence-corrected chi connectivity index (χ3v) is 6.08. The fraction of sp³-hybridized carbons (Fsp3) is 0.381. The molecule has 0 radical (unpaired) electrons. The second kappa shape index (κ2) is 7.75. The minimum absolute atomic E-state index is 0.00567. The number of benzene rings is 1. The zero-order valence-corrected chi connectivity index (χ0v) is 17.5. The minimum Gasteiger partial charge on any atom is -0.449 e. The summed E-state index contributed by atoms with van der Waals surface area (Å²) in [5.41, 5.74) is 3.04. The summed E-state index contributed by atoms with van der Waals surface area (Å²) in [4.78, 5) is 39.9. The SMILES string of the molecule is CC(=O)Nc1sc(C)c(C)c1C(=O)OC(C)C(=O)N1c2ccccc2CC1C. The predicted molar refractivity (Wildman–Crippen MR) is 110 cm³/mol. The third kappa shape index (κ3) is 3.67. The quantitative estimate of drug-likeness (QED) is 0.791. The van der Waals surface area contributed by atoms with Gasteiger partial charge in [0.2, 0.25) is 5.91 Å². The van der Waals surface area contributed by atoms with Crippen LogP contribution in [0.15, 0.2) is 24.3 Å². The van der Waals surface area contributed by atoms with Gasteiger partial charge in [-0.15, -0.1) is 11.3 Å². The van der Waals surface area contributed by atoms with Gasteiger partial charge in [0.05, 0.1) is 5.56 Å². The molecule has 148 valence electrons. The number of anilines is 2. The Morgan fingerprint density at radius 1 is 1.25 bits per heavy atom. The topological polar surface area (TPSA) is 75.7 Å². The summed E-state index contributed by atoms with van der Waals surface area (Å²) >= 11 is 1.32. The highest BCUT2D eigenvalue weighted by molar-refractivity contribution is 7.16. The summed E-state index contributed by atoms with van der Waals surface area (Å²) in [6.45, 7) is 8.63. The maximum absolute atomic E-state index is 13.0. The fourth-order valence-corrected chi connectivity index (χ4v) is 4.58. The third-order valence-electron chi connectivity index (χ3n) is 4.96. The molecule has 6 nitrogen and oxygen atoms in total. The molecule has 1 aromatic heterocycles. The highest BCUT2D eigenvalue weighted by Crippen LogP contribution is 2.35. The highest BCUT2D eigenvalue weighted by Gasteiger charge is 2.35. The number of nitrogens with one attached hydrogen (secondary N) is 1. The molecule has 1 aliphatic heterocycles. The van der Waals surface area contributed by atoms with Crippen molar-refractivity contribution in [2.24, 2.45) is 0 Å². The number of ether oxygens (including phenoxy) is 1. The molecule has 2 unspecified atom stereocenters. The van der Waals surface area contributed by atoms with Crippen molar-refractivity contribution in [1.29, 1.82) is 0 Å². The Hall–Kier alpha value is -2.67. The van der Waals surface area contributed by atoms with E-state index in [0.29, 0.717) is 10.6 Å². The molecule has 2 amide bonds. The molecule has 1 aromatic carbocycles. The number of esters is 1. The Morgan fingerprint density at radius 3 is 2.61 bits per heavy atom. The molecule has 0 bridgehead atoms. The van der Waals surface area contributed by atoms with Crippen molar-refractivity contribution < 1.29 is 19.1 Å².